The minimum absolute atomic E-state index is 0.0516. The largest absolute Gasteiger partial charge is 0.368 e. The van der Waals surface area contributed by atoms with E-state index in [-0.39, 0.29) is 10.7 Å². The molecule has 2 aromatic carbocycles. The maximum atomic E-state index is 14.1. The van der Waals surface area contributed by atoms with Gasteiger partial charge in [-0.15, -0.1) is 0 Å². The van der Waals surface area contributed by atoms with Gasteiger partial charge in [0.15, 0.2) is 5.82 Å². The summed E-state index contributed by atoms with van der Waals surface area (Å²) in [5.74, 6) is -1.63. The number of anilines is 1. The molecule has 1 aromatic heterocycles. The maximum absolute atomic E-state index is 14.1. The summed E-state index contributed by atoms with van der Waals surface area (Å²) >= 11 is 6.36. The predicted molar refractivity (Wildman–Crippen MR) is 118 cm³/mol. The summed E-state index contributed by atoms with van der Waals surface area (Å²) in [5, 5.41) is 13.0. The molecule has 6 nitrogen and oxygen atoms in total. The van der Waals surface area contributed by atoms with E-state index in [2.05, 4.69) is 16.1 Å². The van der Waals surface area contributed by atoms with Gasteiger partial charge in [-0.3, -0.25) is 9.69 Å². The molecular formula is C23H20ClF2N5O. The molecule has 3 aromatic rings. The normalized spacial score (nSPS) is 14.8. The molecule has 4 rings (SSSR count). The first-order valence-electron chi connectivity index (χ1n) is 10.2. The van der Waals surface area contributed by atoms with E-state index in [1.165, 1.54) is 6.20 Å². The van der Waals surface area contributed by atoms with Gasteiger partial charge in [-0.1, -0.05) is 23.7 Å². The zero-order chi connectivity index (χ0) is 22.7. The van der Waals surface area contributed by atoms with E-state index in [1.54, 1.807) is 0 Å². The Bertz CT molecular complexity index is 1220. The Balaban J connectivity index is 1.50. The zero-order valence-corrected chi connectivity index (χ0v) is 17.9. The van der Waals surface area contributed by atoms with Crippen molar-refractivity contribution in [3.05, 3.63) is 86.8 Å². The van der Waals surface area contributed by atoms with Crippen LogP contribution in [0.4, 0.5) is 14.5 Å². The Morgan fingerprint density at radius 1 is 1.03 bits per heavy atom. The van der Waals surface area contributed by atoms with Gasteiger partial charge in [0.1, 0.15) is 16.5 Å². The van der Waals surface area contributed by atoms with Gasteiger partial charge < -0.3 is 4.90 Å². The third-order valence-electron chi connectivity index (χ3n) is 5.46. The second kappa shape index (κ2) is 9.47. The van der Waals surface area contributed by atoms with Crippen molar-refractivity contribution in [2.45, 2.75) is 13.0 Å². The van der Waals surface area contributed by atoms with Crippen LogP contribution in [0, 0.1) is 23.0 Å². The molecule has 0 bridgehead atoms. The smallest absolute Gasteiger partial charge is 0.292 e. The van der Waals surface area contributed by atoms with Crippen molar-refractivity contribution in [3.63, 3.8) is 0 Å². The van der Waals surface area contributed by atoms with Crippen LogP contribution in [0.5, 0.6) is 0 Å². The molecule has 164 valence electrons. The van der Waals surface area contributed by atoms with Crippen LogP contribution in [-0.2, 0) is 6.54 Å². The quantitative estimate of drug-likeness (QED) is 0.599. The molecule has 1 saturated heterocycles. The summed E-state index contributed by atoms with van der Waals surface area (Å²) < 4.78 is 28.1. The van der Waals surface area contributed by atoms with E-state index in [9.17, 15) is 13.6 Å². The van der Waals surface area contributed by atoms with Crippen LogP contribution in [0.2, 0.25) is 5.02 Å². The van der Waals surface area contributed by atoms with Crippen LogP contribution in [0.1, 0.15) is 17.5 Å². The molecule has 0 spiro atoms. The molecule has 2 heterocycles. The first-order valence-corrected chi connectivity index (χ1v) is 10.5. The Kier molecular flexibility index (Phi) is 6.49. The number of halogens is 3. The Hall–Kier alpha value is -3.28. The molecule has 9 heteroatoms. The lowest BCUT2D eigenvalue weighted by Gasteiger charge is -2.24. The molecule has 0 radical (unpaired) electrons. The van der Waals surface area contributed by atoms with Gasteiger partial charge in [-0.25, -0.2) is 8.78 Å². The van der Waals surface area contributed by atoms with Gasteiger partial charge in [-0.05, 0) is 36.2 Å². The highest BCUT2D eigenvalue weighted by Gasteiger charge is 2.21. The fourth-order valence-corrected chi connectivity index (χ4v) is 4.03. The van der Waals surface area contributed by atoms with E-state index in [4.69, 9.17) is 16.9 Å². The maximum Gasteiger partial charge on any atom is 0.292 e. The first kappa shape index (κ1) is 21.9. The lowest BCUT2D eigenvalue weighted by atomic mass is 10.1. The lowest BCUT2D eigenvalue weighted by Crippen LogP contribution is -2.32. The number of aromatic nitrogens is 2. The van der Waals surface area contributed by atoms with Crippen molar-refractivity contribution >= 4 is 17.3 Å². The zero-order valence-electron chi connectivity index (χ0n) is 17.1. The van der Waals surface area contributed by atoms with Gasteiger partial charge in [-0.2, -0.15) is 15.0 Å². The van der Waals surface area contributed by atoms with Crippen LogP contribution in [0.15, 0.2) is 53.5 Å². The number of rotatable bonds is 4. The van der Waals surface area contributed by atoms with Crippen molar-refractivity contribution in [2.75, 3.05) is 31.1 Å². The van der Waals surface area contributed by atoms with Crippen LogP contribution >= 0.6 is 11.6 Å². The van der Waals surface area contributed by atoms with Gasteiger partial charge in [0.2, 0.25) is 0 Å². The van der Waals surface area contributed by atoms with E-state index in [1.807, 2.05) is 29.2 Å². The summed E-state index contributed by atoms with van der Waals surface area (Å²) in [4.78, 5) is 17.1. The van der Waals surface area contributed by atoms with Crippen LogP contribution < -0.4 is 10.5 Å². The highest BCUT2D eigenvalue weighted by atomic mass is 35.5. The van der Waals surface area contributed by atoms with Crippen LogP contribution in [0.3, 0.4) is 0 Å². The standard InChI is InChI=1S/C23H20ClF2N5O/c24-22-21(14-28-31(23(22)32)20-7-6-18(25)12-19(20)26)30-9-1-8-29(10-11-30)15-17-4-2-16(13-27)3-5-17/h2-7,12,14H,1,8-11,15H2. The summed E-state index contributed by atoms with van der Waals surface area (Å²) in [6.07, 6.45) is 2.31. The molecule has 32 heavy (non-hydrogen) atoms. The third kappa shape index (κ3) is 4.64. The molecule has 0 amide bonds. The molecule has 0 aliphatic carbocycles. The topological polar surface area (TPSA) is 65.2 Å². The highest BCUT2D eigenvalue weighted by molar-refractivity contribution is 6.33. The second-order valence-electron chi connectivity index (χ2n) is 7.58. The SMILES string of the molecule is N#Cc1ccc(CN2CCCN(c3cnn(-c4ccc(F)cc4F)c(=O)c3Cl)CC2)cc1. The third-order valence-corrected chi connectivity index (χ3v) is 5.81. The average molecular weight is 456 g/mol. The number of hydrogen-bond donors (Lipinski definition) is 0. The fraction of sp³-hybridized carbons (Fsp3) is 0.261. The monoisotopic (exact) mass is 455 g/mol. The summed E-state index contributed by atoms with van der Waals surface area (Å²) in [6.45, 7) is 3.73. The molecule has 0 saturated carbocycles. The number of nitriles is 1. The molecular weight excluding hydrogens is 436 g/mol. The summed E-state index contributed by atoms with van der Waals surface area (Å²) in [7, 11) is 0. The fourth-order valence-electron chi connectivity index (χ4n) is 3.78. The first-order chi connectivity index (χ1) is 15.5. The summed E-state index contributed by atoms with van der Waals surface area (Å²) in [5.41, 5.74) is 1.44. The highest BCUT2D eigenvalue weighted by Crippen LogP contribution is 2.24. The van der Waals surface area contributed by atoms with Crippen molar-refractivity contribution in [1.29, 1.82) is 5.26 Å². The molecule has 1 aliphatic heterocycles. The van der Waals surface area contributed by atoms with E-state index in [0.29, 0.717) is 30.4 Å². The lowest BCUT2D eigenvalue weighted by molar-refractivity contribution is 0.285. The number of benzene rings is 2. The van der Waals surface area contributed by atoms with E-state index in [0.717, 1.165) is 48.4 Å². The Morgan fingerprint density at radius 2 is 1.81 bits per heavy atom. The van der Waals surface area contributed by atoms with E-state index >= 15 is 0 Å². The average Bonchev–Trinajstić information content (AvgIpc) is 3.02. The Labute approximate surface area is 188 Å². The summed E-state index contributed by atoms with van der Waals surface area (Å²) in [6, 6.07) is 12.6. The minimum atomic E-state index is -0.892. The Morgan fingerprint density at radius 3 is 2.53 bits per heavy atom. The van der Waals surface area contributed by atoms with Gasteiger partial charge in [0.25, 0.3) is 5.56 Å². The van der Waals surface area contributed by atoms with Crippen LogP contribution in [-0.4, -0.2) is 40.9 Å². The number of hydrogen-bond acceptors (Lipinski definition) is 5. The van der Waals surface area contributed by atoms with Gasteiger partial charge >= 0.3 is 0 Å². The predicted octanol–water partition coefficient (Wildman–Crippen LogP) is 3.75. The second-order valence-corrected chi connectivity index (χ2v) is 7.96. The van der Waals surface area contributed by atoms with Crippen LogP contribution in [0.25, 0.3) is 5.69 Å². The molecule has 1 aliphatic rings. The van der Waals surface area contributed by atoms with Gasteiger partial charge in [0, 0.05) is 38.8 Å². The minimum Gasteiger partial charge on any atom is -0.368 e. The molecule has 0 atom stereocenters. The van der Waals surface area contributed by atoms with E-state index < -0.39 is 17.2 Å². The molecule has 0 N–H and O–H groups in total. The molecule has 1 fully saturated rings. The van der Waals surface area contributed by atoms with Crippen molar-refractivity contribution in [2.24, 2.45) is 0 Å². The van der Waals surface area contributed by atoms with Gasteiger partial charge in [0.05, 0.1) is 23.5 Å². The number of nitrogens with zero attached hydrogens (tertiary/aromatic N) is 5. The van der Waals surface area contributed by atoms with Crippen molar-refractivity contribution in [1.82, 2.24) is 14.7 Å². The molecule has 0 unspecified atom stereocenters. The van der Waals surface area contributed by atoms with Crippen molar-refractivity contribution in [3.8, 4) is 11.8 Å². The van der Waals surface area contributed by atoms with Crippen molar-refractivity contribution < 1.29 is 8.78 Å².